The summed E-state index contributed by atoms with van der Waals surface area (Å²) in [4.78, 5) is 7.87. The highest BCUT2D eigenvalue weighted by molar-refractivity contribution is 7.15. The van der Waals surface area contributed by atoms with Crippen molar-refractivity contribution in [3.8, 4) is 0 Å². The minimum Gasteiger partial charge on any atom is -0.300 e. The lowest BCUT2D eigenvalue weighted by Gasteiger charge is -2.15. The van der Waals surface area contributed by atoms with Crippen LogP contribution < -0.4 is 0 Å². The highest BCUT2D eigenvalue weighted by Crippen LogP contribution is 2.12. The van der Waals surface area contributed by atoms with Gasteiger partial charge in [-0.1, -0.05) is 0 Å². The molecule has 0 aliphatic carbocycles. The van der Waals surface area contributed by atoms with E-state index in [1.165, 1.54) is 0 Å². The molecule has 0 aliphatic heterocycles. The highest BCUT2D eigenvalue weighted by Gasteiger charge is 2.06. The number of nitrogens with zero attached hydrogens (tertiary/aromatic N) is 3. The standard InChI is InChI=1S/C11H16ClN3S/c1-9(12)3-4-14(2)7-10-8-15-5-6-16-11(15)13-10/h5-6,8-9H,3-4,7H2,1-2H3. The molecule has 0 fully saturated rings. The molecule has 0 saturated carbocycles. The second-order valence-electron chi connectivity index (χ2n) is 4.13. The molecular weight excluding hydrogens is 242 g/mol. The zero-order chi connectivity index (χ0) is 11.5. The first kappa shape index (κ1) is 11.9. The summed E-state index contributed by atoms with van der Waals surface area (Å²) >= 11 is 7.59. The van der Waals surface area contributed by atoms with Gasteiger partial charge in [0.2, 0.25) is 0 Å². The maximum absolute atomic E-state index is 5.93. The van der Waals surface area contributed by atoms with Crippen LogP contribution in [0.2, 0.25) is 0 Å². The van der Waals surface area contributed by atoms with Gasteiger partial charge in [-0.05, 0) is 26.9 Å². The van der Waals surface area contributed by atoms with Crippen molar-refractivity contribution in [2.45, 2.75) is 25.3 Å². The summed E-state index contributed by atoms with van der Waals surface area (Å²) in [6.45, 7) is 3.93. The third-order valence-corrected chi connectivity index (χ3v) is 3.47. The Morgan fingerprint density at radius 3 is 3.12 bits per heavy atom. The number of imidazole rings is 1. The minimum atomic E-state index is 0.243. The monoisotopic (exact) mass is 257 g/mol. The van der Waals surface area contributed by atoms with Crippen LogP contribution in [0.4, 0.5) is 0 Å². The summed E-state index contributed by atoms with van der Waals surface area (Å²) in [6.07, 6.45) is 5.14. The lowest BCUT2D eigenvalue weighted by molar-refractivity contribution is 0.318. The largest absolute Gasteiger partial charge is 0.300 e. The Morgan fingerprint density at radius 2 is 2.44 bits per heavy atom. The van der Waals surface area contributed by atoms with E-state index in [9.17, 15) is 0 Å². The molecule has 0 saturated heterocycles. The number of rotatable bonds is 5. The van der Waals surface area contributed by atoms with E-state index in [-0.39, 0.29) is 5.38 Å². The Hall–Kier alpha value is -0.580. The number of hydrogen-bond acceptors (Lipinski definition) is 3. The fourth-order valence-corrected chi connectivity index (χ4v) is 2.42. The predicted molar refractivity (Wildman–Crippen MR) is 69.3 cm³/mol. The van der Waals surface area contributed by atoms with E-state index in [1.54, 1.807) is 11.3 Å². The first-order valence-corrected chi connectivity index (χ1v) is 6.70. The summed E-state index contributed by atoms with van der Waals surface area (Å²) in [6, 6.07) is 0. The van der Waals surface area contributed by atoms with E-state index >= 15 is 0 Å². The fourth-order valence-electron chi connectivity index (χ4n) is 1.61. The van der Waals surface area contributed by atoms with Gasteiger partial charge in [-0.25, -0.2) is 4.98 Å². The molecule has 2 aromatic heterocycles. The zero-order valence-electron chi connectivity index (χ0n) is 9.56. The number of halogens is 1. The van der Waals surface area contributed by atoms with E-state index in [1.807, 2.05) is 18.5 Å². The average Bonchev–Trinajstić information content (AvgIpc) is 2.74. The van der Waals surface area contributed by atoms with Crippen LogP contribution in [0, 0.1) is 0 Å². The molecule has 0 spiro atoms. The first-order valence-electron chi connectivity index (χ1n) is 5.39. The van der Waals surface area contributed by atoms with E-state index in [0.717, 1.165) is 30.2 Å². The molecule has 2 rings (SSSR count). The molecule has 1 atom stereocenters. The van der Waals surface area contributed by atoms with E-state index in [0.29, 0.717) is 0 Å². The van der Waals surface area contributed by atoms with Crippen molar-refractivity contribution in [1.29, 1.82) is 0 Å². The van der Waals surface area contributed by atoms with Gasteiger partial charge in [-0.15, -0.1) is 22.9 Å². The van der Waals surface area contributed by atoms with E-state index < -0.39 is 0 Å². The Morgan fingerprint density at radius 1 is 1.62 bits per heavy atom. The van der Waals surface area contributed by atoms with E-state index in [4.69, 9.17) is 11.6 Å². The summed E-state index contributed by atoms with van der Waals surface area (Å²) in [5.41, 5.74) is 1.12. The van der Waals surface area contributed by atoms with Crippen molar-refractivity contribution in [1.82, 2.24) is 14.3 Å². The van der Waals surface area contributed by atoms with Crippen LogP contribution in [0.1, 0.15) is 19.0 Å². The van der Waals surface area contributed by atoms with Gasteiger partial charge in [0.05, 0.1) is 5.69 Å². The van der Waals surface area contributed by atoms with Gasteiger partial charge in [0.25, 0.3) is 0 Å². The Bertz CT molecular complexity index is 420. The summed E-state index contributed by atoms with van der Waals surface area (Å²) < 4.78 is 2.07. The lowest BCUT2D eigenvalue weighted by Crippen LogP contribution is -2.21. The van der Waals surface area contributed by atoms with Crippen LogP contribution in [0.3, 0.4) is 0 Å². The quantitative estimate of drug-likeness (QED) is 0.768. The number of alkyl halides is 1. The molecule has 0 N–H and O–H groups in total. The first-order chi connectivity index (χ1) is 7.65. The molecule has 5 heteroatoms. The summed E-state index contributed by atoms with van der Waals surface area (Å²) in [7, 11) is 2.10. The lowest BCUT2D eigenvalue weighted by atomic mass is 10.3. The molecule has 2 heterocycles. The molecule has 0 radical (unpaired) electrons. The van der Waals surface area contributed by atoms with Gasteiger partial charge < -0.3 is 4.90 Å². The van der Waals surface area contributed by atoms with Gasteiger partial charge in [0.1, 0.15) is 0 Å². The van der Waals surface area contributed by atoms with Crippen molar-refractivity contribution in [2.24, 2.45) is 0 Å². The zero-order valence-corrected chi connectivity index (χ0v) is 11.1. The molecule has 88 valence electrons. The topological polar surface area (TPSA) is 20.5 Å². The third kappa shape index (κ3) is 2.97. The SMILES string of the molecule is CC(Cl)CCN(C)Cc1cn2ccsc2n1. The van der Waals surface area contributed by atoms with Crippen molar-refractivity contribution < 1.29 is 0 Å². The maximum Gasteiger partial charge on any atom is 0.193 e. The smallest absolute Gasteiger partial charge is 0.193 e. The van der Waals surface area contributed by atoms with Gasteiger partial charge in [0, 0.05) is 29.7 Å². The average molecular weight is 258 g/mol. The van der Waals surface area contributed by atoms with Crippen LogP contribution in [-0.2, 0) is 6.54 Å². The third-order valence-electron chi connectivity index (χ3n) is 2.48. The summed E-state index contributed by atoms with van der Waals surface area (Å²) in [5.74, 6) is 0. The predicted octanol–water partition coefficient (Wildman–Crippen LogP) is 2.85. The van der Waals surface area contributed by atoms with Crippen molar-refractivity contribution in [2.75, 3.05) is 13.6 Å². The Labute approximate surface area is 105 Å². The van der Waals surface area contributed by atoms with Crippen LogP contribution in [0.25, 0.3) is 4.96 Å². The van der Waals surface area contributed by atoms with Gasteiger partial charge in [-0.2, -0.15) is 0 Å². The van der Waals surface area contributed by atoms with Gasteiger partial charge in [0.15, 0.2) is 4.96 Å². The molecule has 2 aromatic rings. The fraction of sp³-hybridized carbons (Fsp3) is 0.545. The molecular formula is C11H16ClN3S. The molecule has 1 unspecified atom stereocenters. The van der Waals surface area contributed by atoms with Gasteiger partial charge >= 0.3 is 0 Å². The van der Waals surface area contributed by atoms with Crippen LogP contribution in [0.15, 0.2) is 17.8 Å². The summed E-state index contributed by atoms with van der Waals surface area (Å²) in [5, 5.41) is 2.29. The van der Waals surface area contributed by atoms with Crippen molar-refractivity contribution in [3.63, 3.8) is 0 Å². The molecule has 16 heavy (non-hydrogen) atoms. The number of hydrogen-bond donors (Lipinski definition) is 0. The van der Waals surface area contributed by atoms with Gasteiger partial charge in [-0.3, -0.25) is 4.40 Å². The van der Waals surface area contributed by atoms with Crippen LogP contribution >= 0.6 is 22.9 Å². The Balaban J connectivity index is 1.91. The Kier molecular flexibility index (Phi) is 3.84. The van der Waals surface area contributed by atoms with Crippen LogP contribution in [-0.4, -0.2) is 33.3 Å². The molecule has 3 nitrogen and oxygen atoms in total. The number of aromatic nitrogens is 2. The molecule has 0 bridgehead atoms. The van der Waals surface area contributed by atoms with E-state index in [2.05, 4.69) is 27.5 Å². The van der Waals surface area contributed by atoms with Crippen molar-refractivity contribution in [3.05, 3.63) is 23.5 Å². The minimum absolute atomic E-state index is 0.243. The second kappa shape index (κ2) is 5.17. The van der Waals surface area contributed by atoms with Crippen LogP contribution in [0.5, 0.6) is 0 Å². The normalized spacial score (nSPS) is 13.8. The number of fused-ring (bicyclic) bond motifs is 1. The molecule has 0 aliphatic rings. The second-order valence-corrected chi connectivity index (χ2v) is 5.75. The maximum atomic E-state index is 5.93. The highest BCUT2D eigenvalue weighted by atomic mass is 35.5. The molecule has 0 aromatic carbocycles. The molecule has 0 amide bonds. The number of thiazole rings is 1. The van der Waals surface area contributed by atoms with Crippen molar-refractivity contribution >= 4 is 27.9 Å².